The van der Waals surface area contributed by atoms with E-state index in [-0.39, 0.29) is 11.5 Å². The van der Waals surface area contributed by atoms with Gasteiger partial charge in [0.2, 0.25) is 0 Å². The van der Waals surface area contributed by atoms with E-state index in [2.05, 4.69) is 15.2 Å². The number of nitrogens with one attached hydrogen (secondary N) is 2. The highest BCUT2D eigenvalue weighted by molar-refractivity contribution is 7.71. The van der Waals surface area contributed by atoms with Crippen LogP contribution < -0.4 is 10.9 Å². The van der Waals surface area contributed by atoms with Crippen molar-refractivity contribution >= 4 is 29.0 Å². The highest BCUT2D eigenvalue weighted by Gasteiger charge is 2.11. The normalized spacial score (nSPS) is 15.7. The van der Waals surface area contributed by atoms with Crippen LogP contribution in [0.5, 0.6) is 0 Å². The van der Waals surface area contributed by atoms with Crippen molar-refractivity contribution in [1.82, 2.24) is 19.8 Å². The fourth-order valence-corrected chi connectivity index (χ4v) is 3.61. The molecule has 140 valence electrons. The van der Waals surface area contributed by atoms with Gasteiger partial charge in [0.1, 0.15) is 0 Å². The number of likely N-dealkylation sites (tertiary alicyclic amines) is 1. The first-order valence-corrected chi connectivity index (χ1v) is 9.71. The summed E-state index contributed by atoms with van der Waals surface area (Å²) in [5.74, 6) is -0.122. The van der Waals surface area contributed by atoms with Gasteiger partial charge in [-0.3, -0.25) is 14.2 Å². The molecule has 0 atom stereocenters. The van der Waals surface area contributed by atoms with Gasteiger partial charge in [-0.05, 0) is 69.3 Å². The minimum atomic E-state index is -0.159. The first-order valence-electron chi connectivity index (χ1n) is 9.30. The van der Waals surface area contributed by atoms with Crippen LogP contribution >= 0.6 is 12.2 Å². The van der Waals surface area contributed by atoms with Crippen LogP contribution in [-0.2, 0) is 7.05 Å². The molecule has 0 spiro atoms. The average molecular weight is 375 g/mol. The minimum absolute atomic E-state index is 0.122. The maximum absolute atomic E-state index is 12.4. The molecular formula is C19H26N4O2S. The Hall–Kier alpha value is -1.99. The number of hydrogen-bond donors (Lipinski definition) is 2. The Labute approximate surface area is 158 Å². The Kier molecular flexibility index (Phi) is 6.21. The van der Waals surface area contributed by atoms with Gasteiger partial charge in [-0.25, -0.2) is 0 Å². The van der Waals surface area contributed by atoms with Gasteiger partial charge >= 0.3 is 0 Å². The molecule has 2 heterocycles. The zero-order valence-electron chi connectivity index (χ0n) is 15.2. The van der Waals surface area contributed by atoms with Crippen LogP contribution in [0, 0.1) is 4.77 Å². The highest BCUT2D eigenvalue weighted by Crippen LogP contribution is 2.11. The van der Waals surface area contributed by atoms with Crippen LogP contribution in [0.1, 0.15) is 42.5 Å². The second-order valence-electron chi connectivity index (χ2n) is 6.92. The average Bonchev–Trinajstić information content (AvgIpc) is 2.91. The zero-order chi connectivity index (χ0) is 18.5. The summed E-state index contributed by atoms with van der Waals surface area (Å²) in [6.45, 7) is 4.03. The van der Waals surface area contributed by atoms with E-state index in [1.165, 1.54) is 43.3 Å². The van der Waals surface area contributed by atoms with Crippen LogP contribution in [0.25, 0.3) is 10.9 Å². The SMILES string of the molecule is Cn1c(=S)[nH]c2cc(C(=O)NCCCN3CCCCCC3)ccc2c1=O. The molecule has 1 saturated heterocycles. The van der Waals surface area contributed by atoms with Gasteiger partial charge in [0.25, 0.3) is 11.5 Å². The summed E-state index contributed by atoms with van der Waals surface area (Å²) >= 11 is 5.14. The number of rotatable bonds is 5. The number of nitrogens with zero attached hydrogens (tertiary/aromatic N) is 2. The van der Waals surface area contributed by atoms with Crippen molar-refractivity contribution < 1.29 is 4.79 Å². The lowest BCUT2D eigenvalue weighted by molar-refractivity contribution is 0.0952. The maximum Gasteiger partial charge on any atom is 0.261 e. The summed E-state index contributed by atoms with van der Waals surface area (Å²) in [6, 6.07) is 5.05. The van der Waals surface area contributed by atoms with Crippen LogP contribution in [-0.4, -0.2) is 46.5 Å². The summed E-state index contributed by atoms with van der Waals surface area (Å²) in [5.41, 5.74) is 0.967. The third kappa shape index (κ3) is 4.40. The first-order chi connectivity index (χ1) is 12.6. The molecule has 1 aromatic heterocycles. The Morgan fingerprint density at radius 3 is 2.69 bits per heavy atom. The third-order valence-electron chi connectivity index (χ3n) is 5.00. The number of aromatic nitrogens is 2. The molecule has 1 aliphatic rings. The summed E-state index contributed by atoms with van der Waals surface area (Å²) in [6.07, 6.45) is 6.18. The van der Waals surface area contributed by atoms with E-state index in [9.17, 15) is 9.59 Å². The number of hydrogen-bond acceptors (Lipinski definition) is 4. The van der Waals surface area contributed by atoms with Crippen molar-refractivity contribution in [2.45, 2.75) is 32.1 Å². The number of aromatic amines is 1. The molecule has 0 saturated carbocycles. The first kappa shape index (κ1) is 18.8. The number of H-pyrrole nitrogens is 1. The monoisotopic (exact) mass is 374 g/mol. The van der Waals surface area contributed by atoms with Crippen LogP contribution in [0.2, 0.25) is 0 Å². The fraction of sp³-hybridized carbons (Fsp3) is 0.526. The Morgan fingerprint density at radius 1 is 1.23 bits per heavy atom. The van der Waals surface area contributed by atoms with E-state index in [0.717, 1.165) is 13.0 Å². The topological polar surface area (TPSA) is 70.1 Å². The molecular weight excluding hydrogens is 348 g/mol. The standard InChI is InChI=1S/C19H26N4O2S/c1-22-18(25)15-8-7-14(13-16(15)21-19(22)26)17(24)20-9-6-12-23-10-4-2-3-5-11-23/h7-8,13H,2-6,9-12H2,1H3,(H,20,24)(H,21,26). The number of fused-ring (bicyclic) bond motifs is 1. The molecule has 1 aromatic carbocycles. The summed E-state index contributed by atoms with van der Waals surface area (Å²) in [7, 11) is 1.63. The van der Waals surface area contributed by atoms with E-state index < -0.39 is 0 Å². The summed E-state index contributed by atoms with van der Waals surface area (Å²) in [5, 5.41) is 3.50. The van der Waals surface area contributed by atoms with Gasteiger partial charge in [-0.15, -0.1) is 0 Å². The summed E-state index contributed by atoms with van der Waals surface area (Å²) < 4.78 is 1.73. The minimum Gasteiger partial charge on any atom is -0.352 e. The Balaban J connectivity index is 1.58. The van der Waals surface area contributed by atoms with Gasteiger partial charge in [-0.1, -0.05) is 12.8 Å². The summed E-state index contributed by atoms with van der Waals surface area (Å²) in [4.78, 5) is 30.1. The van der Waals surface area contributed by atoms with E-state index in [1.54, 1.807) is 25.2 Å². The van der Waals surface area contributed by atoms with Gasteiger partial charge in [0.05, 0.1) is 10.9 Å². The van der Waals surface area contributed by atoms with Crippen LogP contribution in [0.4, 0.5) is 0 Å². The molecule has 0 radical (unpaired) electrons. The van der Waals surface area contributed by atoms with E-state index in [0.29, 0.717) is 27.8 Å². The van der Waals surface area contributed by atoms with Crippen LogP contribution in [0.3, 0.4) is 0 Å². The molecule has 1 amide bonds. The van der Waals surface area contributed by atoms with Gasteiger partial charge in [0.15, 0.2) is 4.77 Å². The molecule has 0 unspecified atom stereocenters. The van der Waals surface area contributed by atoms with Gasteiger partial charge in [-0.2, -0.15) is 0 Å². The molecule has 0 aliphatic carbocycles. The van der Waals surface area contributed by atoms with E-state index in [4.69, 9.17) is 12.2 Å². The predicted molar refractivity (Wildman–Crippen MR) is 106 cm³/mol. The molecule has 3 rings (SSSR count). The number of carbonyl (C=O) groups is 1. The third-order valence-corrected chi connectivity index (χ3v) is 5.37. The largest absolute Gasteiger partial charge is 0.352 e. The lowest BCUT2D eigenvalue weighted by Gasteiger charge is -2.19. The second kappa shape index (κ2) is 8.60. The molecule has 1 aliphatic heterocycles. The van der Waals surface area contributed by atoms with Crippen molar-refractivity contribution in [3.05, 3.63) is 38.9 Å². The smallest absolute Gasteiger partial charge is 0.261 e. The Bertz CT molecular complexity index is 895. The predicted octanol–water partition coefficient (Wildman–Crippen LogP) is 2.59. The van der Waals surface area contributed by atoms with Crippen molar-refractivity contribution in [2.24, 2.45) is 7.05 Å². The van der Waals surface area contributed by atoms with Gasteiger partial charge in [0, 0.05) is 19.2 Å². The molecule has 7 heteroatoms. The number of amides is 1. The number of carbonyl (C=O) groups excluding carboxylic acids is 1. The second-order valence-corrected chi connectivity index (χ2v) is 7.31. The highest BCUT2D eigenvalue weighted by atomic mass is 32.1. The van der Waals surface area contributed by atoms with Crippen molar-refractivity contribution in [2.75, 3.05) is 26.2 Å². The zero-order valence-corrected chi connectivity index (χ0v) is 16.0. The van der Waals surface area contributed by atoms with Crippen LogP contribution in [0.15, 0.2) is 23.0 Å². The number of benzene rings is 1. The lowest BCUT2D eigenvalue weighted by Crippen LogP contribution is -2.30. The molecule has 26 heavy (non-hydrogen) atoms. The van der Waals surface area contributed by atoms with Crippen molar-refractivity contribution in [3.8, 4) is 0 Å². The van der Waals surface area contributed by atoms with Crippen molar-refractivity contribution in [3.63, 3.8) is 0 Å². The Morgan fingerprint density at radius 2 is 1.96 bits per heavy atom. The quantitative estimate of drug-likeness (QED) is 0.623. The molecule has 0 bridgehead atoms. The van der Waals surface area contributed by atoms with E-state index >= 15 is 0 Å². The molecule has 6 nitrogen and oxygen atoms in total. The maximum atomic E-state index is 12.4. The molecule has 2 N–H and O–H groups in total. The molecule has 2 aromatic rings. The van der Waals surface area contributed by atoms with Crippen molar-refractivity contribution in [1.29, 1.82) is 0 Å². The fourth-order valence-electron chi connectivity index (χ4n) is 3.41. The van der Waals surface area contributed by atoms with E-state index in [1.807, 2.05) is 0 Å². The van der Waals surface area contributed by atoms with Gasteiger partial charge < -0.3 is 15.2 Å². The lowest BCUT2D eigenvalue weighted by atomic mass is 10.1. The molecule has 1 fully saturated rings.